The standard InChI is InChI=1S/C20H21Cl2N3O2S2/c1-13-3-4-15-16(11-13)28-20(23-15)25(6-2-5-24-7-9-27-10-8-24)19(26)14-12-17(21)29-18(14)22/h3-4,11-12H,2,5-10H2,1H3. The summed E-state index contributed by atoms with van der Waals surface area (Å²) in [6.45, 7) is 6.93. The molecule has 4 rings (SSSR count). The van der Waals surface area contributed by atoms with E-state index in [9.17, 15) is 4.79 Å². The van der Waals surface area contributed by atoms with Gasteiger partial charge < -0.3 is 4.74 Å². The fourth-order valence-corrected chi connectivity index (χ4v) is 5.86. The van der Waals surface area contributed by atoms with E-state index in [1.807, 2.05) is 12.1 Å². The van der Waals surface area contributed by atoms with E-state index in [0.29, 0.717) is 25.9 Å². The summed E-state index contributed by atoms with van der Waals surface area (Å²) in [5.41, 5.74) is 2.50. The van der Waals surface area contributed by atoms with Gasteiger partial charge in [0.15, 0.2) is 5.13 Å². The molecule has 1 aliphatic rings. The Labute approximate surface area is 187 Å². The third-order valence-electron chi connectivity index (χ3n) is 4.86. The van der Waals surface area contributed by atoms with Crippen molar-refractivity contribution < 1.29 is 9.53 Å². The maximum atomic E-state index is 13.3. The highest BCUT2D eigenvalue weighted by molar-refractivity contribution is 7.22. The number of amides is 1. The largest absolute Gasteiger partial charge is 0.379 e. The van der Waals surface area contributed by atoms with Crippen LogP contribution in [0.3, 0.4) is 0 Å². The van der Waals surface area contributed by atoms with Gasteiger partial charge in [-0.2, -0.15) is 0 Å². The first-order chi connectivity index (χ1) is 14.0. The predicted molar refractivity (Wildman–Crippen MR) is 122 cm³/mol. The molecule has 0 N–H and O–H groups in total. The molecule has 0 spiro atoms. The summed E-state index contributed by atoms with van der Waals surface area (Å²) in [6.07, 6.45) is 0.843. The van der Waals surface area contributed by atoms with Crippen LogP contribution in [0.25, 0.3) is 10.2 Å². The summed E-state index contributed by atoms with van der Waals surface area (Å²) in [5.74, 6) is -0.157. The van der Waals surface area contributed by atoms with Gasteiger partial charge in [-0.1, -0.05) is 40.6 Å². The van der Waals surface area contributed by atoms with Gasteiger partial charge in [0.25, 0.3) is 5.91 Å². The van der Waals surface area contributed by atoms with Crippen molar-refractivity contribution in [3.05, 3.63) is 44.1 Å². The Balaban J connectivity index is 1.58. The van der Waals surface area contributed by atoms with E-state index in [1.165, 1.54) is 28.2 Å². The van der Waals surface area contributed by atoms with Gasteiger partial charge >= 0.3 is 0 Å². The number of carbonyl (C=O) groups is 1. The molecule has 1 aliphatic heterocycles. The molecular formula is C20H21Cl2N3O2S2. The minimum Gasteiger partial charge on any atom is -0.379 e. The minimum atomic E-state index is -0.157. The number of rotatable bonds is 6. The van der Waals surface area contributed by atoms with Crippen LogP contribution in [-0.4, -0.2) is 55.2 Å². The van der Waals surface area contributed by atoms with E-state index in [0.717, 1.165) is 49.5 Å². The number of carbonyl (C=O) groups excluding carboxylic acids is 1. The molecule has 1 aromatic carbocycles. The van der Waals surface area contributed by atoms with Crippen molar-refractivity contribution >= 4 is 67.1 Å². The van der Waals surface area contributed by atoms with Crippen molar-refractivity contribution in [2.45, 2.75) is 13.3 Å². The molecule has 0 saturated carbocycles. The Morgan fingerprint density at radius 3 is 2.76 bits per heavy atom. The number of morpholine rings is 1. The summed E-state index contributed by atoms with van der Waals surface area (Å²) < 4.78 is 7.40. The molecule has 0 aliphatic carbocycles. The number of aryl methyl sites for hydroxylation is 1. The van der Waals surface area contributed by atoms with Crippen molar-refractivity contribution in [2.24, 2.45) is 0 Å². The Kier molecular flexibility index (Phi) is 6.73. The van der Waals surface area contributed by atoms with Crippen molar-refractivity contribution in [3.8, 4) is 0 Å². The normalized spacial score (nSPS) is 15.1. The quantitative estimate of drug-likeness (QED) is 0.488. The van der Waals surface area contributed by atoms with Crippen molar-refractivity contribution in [2.75, 3.05) is 44.3 Å². The average Bonchev–Trinajstić information content (AvgIpc) is 3.27. The van der Waals surface area contributed by atoms with Crippen molar-refractivity contribution in [3.63, 3.8) is 0 Å². The van der Waals surface area contributed by atoms with Gasteiger partial charge in [-0.3, -0.25) is 14.6 Å². The molecule has 154 valence electrons. The van der Waals surface area contributed by atoms with Gasteiger partial charge in [-0.15, -0.1) is 11.3 Å². The molecular weight excluding hydrogens is 449 g/mol. The molecule has 0 atom stereocenters. The topological polar surface area (TPSA) is 45.7 Å². The Morgan fingerprint density at radius 2 is 2.03 bits per heavy atom. The molecule has 1 fully saturated rings. The lowest BCUT2D eigenvalue weighted by molar-refractivity contribution is 0.0376. The zero-order valence-electron chi connectivity index (χ0n) is 16.0. The average molecular weight is 470 g/mol. The van der Waals surface area contributed by atoms with Crippen LogP contribution >= 0.6 is 45.9 Å². The number of hydrogen-bond donors (Lipinski definition) is 0. The number of halogens is 2. The van der Waals surface area contributed by atoms with Crippen molar-refractivity contribution in [1.29, 1.82) is 0 Å². The molecule has 0 unspecified atom stereocenters. The molecule has 3 aromatic rings. The maximum Gasteiger partial charge on any atom is 0.262 e. The Bertz CT molecular complexity index is 1010. The molecule has 9 heteroatoms. The second kappa shape index (κ2) is 9.29. The first-order valence-electron chi connectivity index (χ1n) is 9.45. The monoisotopic (exact) mass is 469 g/mol. The van der Waals surface area contributed by atoms with Gasteiger partial charge in [-0.25, -0.2) is 4.98 Å². The van der Waals surface area contributed by atoms with Gasteiger partial charge in [-0.05, 0) is 37.1 Å². The summed E-state index contributed by atoms with van der Waals surface area (Å²) in [4.78, 5) is 22.2. The first-order valence-corrected chi connectivity index (χ1v) is 11.8. The van der Waals surface area contributed by atoms with Crippen LogP contribution in [0.1, 0.15) is 22.3 Å². The maximum absolute atomic E-state index is 13.3. The highest BCUT2D eigenvalue weighted by atomic mass is 35.5. The SMILES string of the molecule is Cc1ccc2nc(N(CCCN3CCOCC3)C(=O)c3cc(Cl)sc3Cl)sc2c1. The number of benzene rings is 1. The summed E-state index contributed by atoms with van der Waals surface area (Å²) in [6, 6.07) is 7.77. The second-order valence-corrected chi connectivity index (χ2v) is 10.3. The minimum absolute atomic E-state index is 0.157. The molecule has 0 radical (unpaired) electrons. The smallest absolute Gasteiger partial charge is 0.262 e. The van der Waals surface area contributed by atoms with Gasteiger partial charge in [0, 0.05) is 26.2 Å². The van der Waals surface area contributed by atoms with E-state index in [1.54, 1.807) is 11.0 Å². The Hall–Kier alpha value is -1.22. The number of fused-ring (bicyclic) bond motifs is 1. The number of thiophene rings is 1. The lowest BCUT2D eigenvalue weighted by Gasteiger charge is -2.27. The molecule has 0 bridgehead atoms. The molecule has 3 heterocycles. The molecule has 1 amide bonds. The van der Waals surface area contributed by atoms with Crippen LogP contribution in [0.4, 0.5) is 5.13 Å². The lowest BCUT2D eigenvalue weighted by atomic mass is 10.2. The third kappa shape index (κ3) is 4.93. The zero-order valence-corrected chi connectivity index (χ0v) is 19.1. The number of hydrogen-bond acceptors (Lipinski definition) is 6. The van der Waals surface area contributed by atoms with E-state index in [4.69, 9.17) is 32.9 Å². The number of nitrogens with zero attached hydrogens (tertiary/aromatic N) is 3. The van der Waals surface area contributed by atoms with Crippen LogP contribution < -0.4 is 4.90 Å². The molecule has 5 nitrogen and oxygen atoms in total. The van der Waals surface area contributed by atoms with Crippen molar-refractivity contribution in [1.82, 2.24) is 9.88 Å². The van der Waals surface area contributed by atoms with E-state index in [2.05, 4.69) is 17.9 Å². The van der Waals surface area contributed by atoms with Crippen LogP contribution in [0.15, 0.2) is 24.3 Å². The van der Waals surface area contributed by atoms with Crippen LogP contribution in [0.2, 0.25) is 8.67 Å². The Morgan fingerprint density at radius 1 is 1.24 bits per heavy atom. The fourth-order valence-electron chi connectivity index (χ4n) is 3.33. The number of aromatic nitrogens is 1. The van der Waals surface area contributed by atoms with Crippen LogP contribution in [-0.2, 0) is 4.74 Å². The zero-order chi connectivity index (χ0) is 20.4. The van der Waals surface area contributed by atoms with E-state index < -0.39 is 0 Å². The summed E-state index contributed by atoms with van der Waals surface area (Å²) in [7, 11) is 0. The first kappa shape index (κ1) is 21.0. The van der Waals surface area contributed by atoms with E-state index in [-0.39, 0.29) is 5.91 Å². The highest BCUT2D eigenvalue weighted by Crippen LogP contribution is 2.35. The lowest BCUT2D eigenvalue weighted by Crippen LogP contribution is -2.39. The molecule has 1 saturated heterocycles. The summed E-state index contributed by atoms with van der Waals surface area (Å²) in [5, 5.41) is 0.691. The number of anilines is 1. The molecule has 29 heavy (non-hydrogen) atoms. The molecule has 2 aromatic heterocycles. The number of ether oxygens (including phenoxy) is 1. The third-order valence-corrected chi connectivity index (χ3v) is 7.38. The second-order valence-electron chi connectivity index (χ2n) is 6.97. The highest BCUT2D eigenvalue weighted by Gasteiger charge is 2.25. The van der Waals surface area contributed by atoms with Gasteiger partial charge in [0.1, 0.15) is 4.34 Å². The number of thiazole rings is 1. The van der Waals surface area contributed by atoms with E-state index >= 15 is 0 Å². The summed E-state index contributed by atoms with van der Waals surface area (Å²) >= 11 is 15.1. The van der Waals surface area contributed by atoms with Crippen LogP contribution in [0.5, 0.6) is 0 Å². The fraction of sp³-hybridized carbons (Fsp3) is 0.400. The predicted octanol–water partition coefficient (Wildman–Crippen LogP) is 5.34. The van der Waals surface area contributed by atoms with Gasteiger partial charge in [0.05, 0.1) is 33.3 Å². The van der Waals surface area contributed by atoms with Gasteiger partial charge in [0.2, 0.25) is 0 Å². The van der Waals surface area contributed by atoms with Crippen LogP contribution in [0, 0.1) is 6.92 Å².